The Kier molecular flexibility index (Phi) is 1.39. The van der Waals surface area contributed by atoms with Gasteiger partial charge in [0, 0.05) is 5.39 Å². The van der Waals surface area contributed by atoms with Crippen molar-refractivity contribution in [2.24, 2.45) is 0 Å². The van der Waals surface area contributed by atoms with Crippen LogP contribution in [0.3, 0.4) is 0 Å². The molecule has 0 bridgehead atoms. The minimum Gasteiger partial charge on any atom is -0.360 e. The second kappa shape index (κ2) is 2.58. The first-order valence-electron chi connectivity index (χ1n) is 4.59. The van der Waals surface area contributed by atoms with E-state index in [0.717, 1.165) is 16.7 Å². The van der Waals surface area contributed by atoms with Crippen molar-refractivity contribution in [2.75, 3.05) is 0 Å². The van der Waals surface area contributed by atoms with Crippen LogP contribution >= 0.6 is 0 Å². The molecular weight excluding hydrogens is 174 g/mol. The number of aryl methyl sites for hydroxylation is 1. The molecule has 14 heavy (non-hydrogen) atoms. The highest BCUT2D eigenvalue weighted by molar-refractivity contribution is 5.97. The van der Waals surface area contributed by atoms with E-state index in [4.69, 9.17) is 4.52 Å². The van der Waals surface area contributed by atoms with Gasteiger partial charge in [-0.15, -0.1) is 0 Å². The lowest BCUT2D eigenvalue weighted by atomic mass is 10.1. The molecule has 2 nitrogen and oxygen atoms in total. The second-order valence-electron chi connectivity index (χ2n) is 3.46. The van der Waals surface area contributed by atoms with Crippen LogP contribution in [0, 0.1) is 6.92 Å². The Bertz CT molecular complexity index is 610. The van der Waals surface area contributed by atoms with Crippen LogP contribution in [-0.4, -0.2) is 5.16 Å². The molecule has 0 saturated carbocycles. The average Bonchev–Trinajstić information content (AvgIpc) is 2.57. The third kappa shape index (κ3) is 0.940. The predicted octanol–water partition coefficient (Wildman–Crippen LogP) is 3.29. The van der Waals surface area contributed by atoms with Gasteiger partial charge in [0.25, 0.3) is 0 Å². The summed E-state index contributed by atoms with van der Waals surface area (Å²) in [5, 5.41) is 7.52. The Morgan fingerprint density at radius 2 is 1.79 bits per heavy atom. The van der Waals surface area contributed by atoms with Gasteiger partial charge in [-0.05, 0) is 29.8 Å². The number of benzene rings is 2. The lowest BCUT2D eigenvalue weighted by Crippen LogP contribution is -1.73. The molecular formula is C12H9NO. The molecule has 0 aliphatic rings. The number of nitrogens with zero attached hydrogens (tertiary/aromatic N) is 1. The summed E-state index contributed by atoms with van der Waals surface area (Å²) in [6.07, 6.45) is 0. The number of aromatic nitrogens is 1. The maximum atomic E-state index is 5.14. The molecule has 2 aromatic carbocycles. The van der Waals surface area contributed by atoms with Gasteiger partial charge in [0.05, 0.1) is 0 Å². The van der Waals surface area contributed by atoms with E-state index in [0.29, 0.717) is 0 Å². The fraction of sp³-hybridized carbons (Fsp3) is 0.0833. The fourth-order valence-corrected chi connectivity index (χ4v) is 1.75. The number of hydrogen-bond acceptors (Lipinski definition) is 2. The van der Waals surface area contributed by atoms with Crippen molar-refractivity contribution in [3.63, 3.8) is 0 Å². The zero-order valence-electron chi connectivity index (χ0n) is 7.82. The number of hydrogen-bond donors (Lipinski definition) is 0. The van der Waals surface area contributed by atoms with Crippen molar-refractivity contribution in [1.29, 1.82) is 0 Å². The molecule has 1 heterocycles. The molecule has 0 saturated heterocycles. The van der Waals surface area contributed by atoms with Gasteiger partial charge >= 0.3 is 0 Å². The van der Waals surface area contributed by atoms with E-state index in [1.807, 2.05) is 19.1 Å². The highest BCUT2D eigenvalue weighted by Crippen LogP contribution is 2.24. The monoisotopic (exact) mass is 183 g/mol. The van der Waals surface area contributed by atoms with Crippen LogP contribution in [0.4, 0.5) is 0 Å². The van der Waals surface area contributed by atoms with E-state index >= 15 is 0 Å². The highest BCUT2D eigenvalue weighted by Gasteiger charge is 2.04. The summed E-state index contributed by atoms with van der Waals surface area (Å²) in [4.78, 5) is 0. The van der Waals surface area contributed by atoms with Crippen molar-refractivity contribution in [2.45, 2.75) is 6.92 Å². The Morgan fingerprint density at radius 1 is 1.07 bits per heavy atom. The molecule has 0 radical (unpaired) electrons. The van der Waals surface area contributed by atoms with Crippen LogP contribution in [0.2, 0.25) is 0 Å². The lowest BCUT2D eigenvalue weighted by molar-refractivity contribution is 0.405. The van der Waals surface area contributed by atoms with Gasteiger partial charge < -0.3 is 4.52 Å². The van der Waals surface area contributed by atoms with Crippen LogP contribution in [0.5, 0.6) is 0 Å². The smallest absolute Gasteiger partial charge is 0.141 e. The first-order valence-corrected chi connectivity index (χ1v) is 4.59. The van der Waals surface area contributed by atoms with Crippen molar-refractivity contribution < 1.29 is 4.52 Å². The van der Waals surface area contributed by atoms with E-state index in [2.05, 4.69) is 29.4 Å². The van der Waals surface area contributed by atoms with Crippen LogP contribution in [0.25, 0.3) is 21.7 Å². The first kappa shape index (κ1) is 7.56. The minimum absolute atomic E-state index is 0.880. The van der Waals surface area contributed by atoms with E-state index in [1.54, 1.807) is 0 Å². The SMILES string of the molecule is Cc1onc2cc3ccccc3cc12. The molecule has 1 aromatic heterocycles. The summed E-state index contributed by atoms with van der Waals surface area (Å²) in [5.74, 6) is 0.880. The van der Waals surface area contributed by atoms with Crippen molar-refractivity contribution >= 4 is 21.7 Å². The molecule has 0 fully saturated rings. The summed E-state index contributed by atoms with van der Waals surface area (Å²) >= 11 is 0. The maximum Gasteiger partial charge on any atom is 0.141 e. The molecule has 0 aliphatic heterocycles. The summed E-state index contributed by atoms with van der Waals surface area (Å²) in [6, 6.07) is 12.4. The summed E-state index contributed by atoms with van der Waals surface area (Å²) in [5.41, 5.74) is 0.932. The van der Waals surface area contributed by atoms with Gasteiger partial charge in [-0.25, -0.2) is 0 Å². The zero-order chi connectivity index (χ0) is 9.54. The maximum absolute atomic E-state index is 5.14. The van der Waals surface area contributed by atoms with Gasteiger partial charge in [0.1, 0.15) is 11.3 Å². The number of rotatable bonds is 0. The van der Waals surface area contributed by atoms with E-state index < -0.39 is 0 Å². The van der Waals surface area contributed by atoms with Gasteiger partial charge in [-0.1, -0.05) is 29.4 Å². The molecule has 3 aromatic rings. The molecule has 0 amide bonds. The second-order valence-corrected chi connectivity index (χ2v) is 3.46. The van der Waals surface area contributed by atoms with Gasteiger partial charge in [0.15, 0.2) is 0 Å². The van der Waals surface area contributed by atoms with Gasteiger partial charge in [-0.3, -0.25) is 0 Å². The molecule has 2 heteroatoms. The Hall–Kier alpha value is -1.83. The normalized spacial score (nSPS) is 11.2. The Morgan fingerprint density at radius 3 is 2.57 bits per heavy atom. The topological polar surface area (TPSA) is 26.0 Å². The van der Waals surface area contributed by atoms with Crippen LogP contribution in [0.1, 0.15) is 5.76 Å². The quantitative estimate of drug-likeness (QED) is 0.534. The fourth-order valence-electron chi connectivity index (χ4n) is 1.75. The molecule has 0 N–H and O–H groups in total. The Labute approximate surface area is 81.1 Å². The predicted molar refractivity (Wildman–Crippen MR) is 56.3 cm³/mol. The largest absolute Gasteiger partial charge is 0.360 e. The Balaban J connectivity index is 2.54. The summed E-state index contributed by atoms with van der Waals surface area (Å²) in [6.45, 7) is 1.93. The molecule has 0 aliphatic carbocycles. The van der Waals surface area contributed by atoms with Crippen molar-refractivity contribution in [1.82, 2.24) is 5.16 Å². The van der Waals surface area contributed by atoms with Gasteiger partial charge in [-0.2, -0.15) is 0 Å². The van der Waals surface area contributed by atoms with Crippen LogP contribution in [0.15, 0.2) is 40.9 Å². The number of fused-ring (bicyclic) bond motifs is 2. The molecule has 0 atom stereocenters. The average molecular weight is 183 g/mol. The highest BCUT2D eigenvalue weighted by atomic mass is 16.5. The van der Waals surface area contributed by atoms with E-state index in [1.165, 1.54) is 10.8 Å². The molecule has 68 valence electrons. The lowest BCUT2D eigenvalue weighted by Gasteiger charge is -1.95. The molecule has 0 spiro atoms. The van der Waals surface area contributed by atoms with Crippen molar-refractivity contribution in [3.8, 4) is 0 Å². The van der Waals surface area contributed by atoms with E-state index in [-0.39, 0.29) is 0 Å². The van der Waals surface area contributed by atoms with Crippen molar-refractivity contribution in [3.05, 3.63) is 42.2 Å². The first-order chi connectivity index (χ1) is 6.84. The summed E-state index contributed by atoms with van der Waals surface area (Å²) in [7, 11) is 0. The van der Waals surface area contributed by atoms with Crippen LogP contribution in [-0.2, 0) is 0 Å². The van der Waals surface area contributed by atoms with E-state index in [9.17, 15) is 0 Å². The molecule has 3 rings (SSSR count). The van der Waals surface area contributed by atoms with Gasteiger partial charge in [0.2, 0.25) is 0 Å². The standard InChI is InChI=1S/C12H9NO/c1-8-11-6-9-4-2-3-5-10(9)7-12(11)13-14-8/h2-7H,1H3. The zero-order valence-corrected chi connectivity index (χ0v) is 7.82. The molecule has 0 unspecified atom stereocenters. The third-order valence-electron chi connectivity index (χ3n) is 2.52. The summed E-state index contributed by atoms with van der Waals surface area (Å²) < 4.78 is 5.14. The minimum atomic E-state index is 0.880. The third-order valence-corrected chi connectivity index (χ3v) is 2.52. The van der Waals surface area contributed by atoms with Crippen LogP contribution < -0.4 is 0 Å².